The molecule has 2 heteroatoms. The van der Waals surface area contributed by atoms with Crippen LogP contribution < -0.4 is 0 Å². The molecular weight excluding hydrogens is 224 g/mol. The Morgan fingerprint density at radius 3 is 1.83 bits per heavy atom. The standard InChI is InChI=1S/C16H32O2/c1-3-4-5-6-8-11-14-18-15-12-9-7-10-13-16(2)17/h3-15H2,1-2H3. The molecular formula is C16H32O2. The minimum absolute atomic E-state index is 0.314. The Kier molecular flexibility index (Phi) is 14.4. The van der Waals surface area contributed by atoms with E-state index in [2.05, 4.69) is 6.92 Å². The summed E-state index contributed by atoms with van der Waals surface area (Å²) in [5, 5.41) is 0. The zero-order valence-corrected chi connectivity index (χ0v) is 12.5. The average Bonchev–Trinajstić information content (AvgIpc) is 2.34. The fourth-order valence-electron chi connectivity index (χ4n) is 2.02. The molecule has 0 atom stereocenters. The molecule has 0 unspecified atom stereocenters. The van der Waals surface area contributed by atoms with E-state index in [1.807, 2.05) is 0 Å². The van der Waals surface area contributed by atoms with Crippen LogP contribution in [0.4, 0.5) is 0 Å². The van der Waals surface area contributed by atoms with Crippen molar-refractivity contribution in [2.75, 3.05) is 13.2 Å². The lowest BCUT2D eigenvalue weighted by Gasteiger charge is -2.04. The Morgan fingerprint density at radius 2 is 1.28 bits per heavy atom. The summed E-state index contributed by atoms with van der Waals surface area (Å²) in [7, 11) is 0. The van der Waals surface area contributed by atoms with Crippen molar-refractivity contribution in [1.82, 2.24) is 0 Å². The Labute approximate surface area is 113 Å². The van der Waals surface area contributed by atoms with Crippen molar-refractivity contribution < 1.29 is 9.53 Å². The molecule has 0 bridgehead atoms. The van der Waals surface area contributed by atoms with Gasteiger partial charge in [0.15, 0.2) is 0 Å². The molecule has 0 N–H and O–H groups in total. The third-order valence-corrected chi connectivity index (χ3v) is 3.21. The van der Waals surface area contributed by atoms with E-state index < -0.39 is 0 Å². The highest BCUT2D eigenvalue weighted by atomic mass is 16.5. The molecule has 0 aromatic heterocycles. The smallest absolute Gasteiger partial charge is 0.129 e. The van der Waals surface area contributed by atoms with Crippen LogP contribution in [0.15, 0.2) is 0 Å². The molecule has 0 aliphatic heterocycles. The normalized spacial score (nSPS) is 10.8. The van der Waals surface area contributed by atoms with Crippen molar-refractivity contribution in [3.05, 3.63) is 0 Å². The highest BCUT2D eigenvalue weighted by Crippen LogP contribution is 2.06. The van der Waals surface area contributed by atoms with E-state index in [0.717, 1.165) is 32.5 Å². The summed E-state index contributed by atoms with van der Waals surface area (Å²) in [6, 6.07) is 0. The van der Waals surface area contributed by atoms with Gasteiger partial charge in [0.1, 0.15) is 5.78 Å². The van der Waals surface area contributed by atoms with Crippen molar-refractivity contribution in [3.63, 3.8) is 0 Å². The molecule has 0 radical (unpaired) electrons. The van der Waals surface area contributed by atoms with Gasteiger partial charge in [-0.1, -0.05) is 51.9 Å². The van der Waals surface area contributed by atoms with E-state index in [9.17, 15) is 4.79 Å². The number of unbranched alkanes of at least 4 members (excludes halogenated alkanes) is 8. The second-order valence-electron chi connectivity index (χ2n) is 5.25. The SMILES string of the molecule is CCCCCCCCOCCCCCCC(C)=O. The second-order valence-corrected chi connectivity index (χ2v) is 5.25. The molecule has 0 fully saturated rings. The first-order valence-electron chi connectivity index (χ1n) is 7.84. The van der Waals surface area contributed by atoms with Gasteiger partial charge in [-0.25, -0.2) is 0 Å². The molecule has 2 nitrogen and oxygen atoms in total. The lowest BCUT2D eigenvalue weighted by atomic mass is 10.1. The molecule has 0 aliphatic rings. The van der Waals surface area contributed by atoms with Gasteiger partial charge in [0, 0.05) is 19.6 Å². The van der Waals surface area contributed by atoms with Crippen molar-refractivity contribution in [2.24, 2.45) is 0 Å². The summed E-state index contributed by atoms with van der Waals surface area (Å²) in [5.74, 6) is 0.314. The number of ketones is 1. The fourth-order valence-corrected chi connectivity index (χ4v) is 2.02. The third kappa shape index (κ3) is 15.6. The first kappa shape index (κ1) is 17.6. The zero-order valence-electron chi connectivity index (χ0n) is 12.5. The minimum Gasteiger partial charge on any atom is -0.381 e. The van der Waals surface area contributed by atoms with Crippen LogP contribution >= 0.6 is 0 Å². The number of carbonyl (C=O) groups excluding carboxylic acids is 1. The molecule has 0 aromatic rings. The molecule has 0 aromatic carbocycles. The summed E-state index contributed by atoms with van der Waals surface area (Å²) < 4.78 is 5.60. The summed E-state index contributed by atoms with van der Waals surface area (Å²) in [6.07, 6.45) is 13.3. The minimum atomic E-state index is 0.314. The Balaban J connectivity index is 2.92. The first-order chi connectivity index (χ1) is 8.77. The van der Waals surface area contributed by atoms with E-state index in [0.29, 0.717) is 5.78 Å². The monoisotopic (exact) mass is 256 g/mol. The van der Waals surface area contributed by atoms with Gasteiger partial charge in [-0.15, -0.1) is 0 Å². The number of hydrogen-bond acceptors (Lipinski definition) is 2. The van der Waals surface area contributed by atoms with Crippen molar-refractivity contribution in [2.45, 2.75) is 84.5 Å². The number of hydrogen-bond donors (Lipinski definition) is 0. The predicted molar refractivity (Wildman–Crippen MR) is 78.0 cm³/mol. The van der Waals surface area contributed by atoms with Gasteiger partial charge in [-0.05, 0) is 26.2 Å². The summed E-state index contributed by atoms with van der Waals surface area (Å²) >= 11 is 0. The zero-order chi connectivity index (χ0) is 13.5. The maximum absolute atomic E-state index is 10.7. The second kappa shape index (κ2) is 14.7. The van der Waals surface area contributed by atoms with Crippen LogP contribution in [0.3, 0.4) is 0 Å². The number of carbonyl (C=O) groups is 1. The average molecular weight is 256 g/mol. The summed E-state index contributed by atoms with van der Waals surface area (Å²) in [5.41, 5.74) is 0. The number of rotatable bonds is 14. The lowest BCUT2D eigenvalue weighted by Crippen LogP contribution is -1.97. The van der Waals surface area contributed by atoms with Crippen LogP contribution in [0.5, 0.6) is 0 Å². The van der Waals surface area contributed by atoms with Crippen LogP contribution in [0.25, 0.3) is 0 Å². The van der Waals surface area contributed by atoms with E-state index >= 15 is 0 Å². The Morgan fingerprint density at radius 1 is 0.778 bits per heavy atom. The third-order valence-electron chi connectivity index (χ3n) is 3.21. The summed E-state index contributed by atoms with van der Waals surface area (Å²) in [4.78, 5) is 10.7. The van der Waals surface area contributed by atoms with E-state index in [1.54, 1.807) is 6.92 Å². The van der Waals surface area contributed by atoms with Gasteiger partial charge in [0.05, 0.1) is 0 Å². The maximum atomic E-state index is 10.7. The van der Waals surface area contributed by atoms with Crippen molar-refractivity contribution in [1.29, 1.82) is 0 Å². The molecule has 0 spiro atoms. The van der Waals surface area contributed by atoms with Crippen LogP contribution in [-0.4, -0.2) is 19.0 Å². The van der Waals surface area contributed by atoms with Gasteiger partial charge in [-0.2, -0.15) is 0 Å². The van der Waals surface area contributed by atoms with Crippen LogP contribution in [0.2, 0.25) is 0 Å². The molecule has 0 rings (SSSR count). The van der Waals surface area contributed by atoms with Crippen LogP contribution in [0.1, 0.15) is 84.5 Å². The van der Waals surface area contributed by atoms with E-state index in [-0.39, 0.29) is 0 Å². The van der Waals surface area contributed by atoms with E-state index in [1.165, 1.54) is 51.4 Å². The quantitative estimate of drug-likeness (QED) is 0.413. The largest absolute Gasteiger partial charge is 0.381 e. The highest BCUT2D eigenvalue weighted by Gasteiger charge is 1.95. The molecule has 0 saturated heterocycles. The maximum Gasteiger partial charge on any atom is 0.129 e. The van der Waals surface area contributed by atoms with Crippen molar-refractivity contribution in [3.8, 4) is 0 Å². The van der Waals surface area contributed by atoms with Gasteiger partial charge >= 0.3 is 0 Å². The molecule has 0 heterocycles. The fraction of sp³-hybridized carbons (Fsp3) is 0.938. The van der Waals surface area contributed by atoms with Crippen LogP contribution in [0, 0.1) is 0 Å². The van der Waals surface area contributed by atoms with Gasteiger partial charge in [0.2, 0.25) is 0 Å². The van der Waals surface area contributed by atoms with Gasteiger partial charge in [0.25, 0.3) is 0 Å². The Hall–Kier alpha value is -0.370. The molecule has 0 aliphatic carbocycles. The molecule has 0 saturated carbocycles. The topological polar surface area (TPSA) is 26.3 Å². The molecule has 18 heavy (non-hydrogen) atoms. The van der Waals surface area contributed by atoms with E-state index in [4.69, 9.17) is 4.74 Å². The first-order valence-corrected chi connectivity index (χ1v) is 7.84. The van der Waals surface area contributed by atoms with Crippen LogP contribution in [-0.2, 0) is 9.53 Å². The molecule has 108 valence electrons. The lowest BCUT2D eigenvalue weighted by molar-refractivity contribution is -0.117. The predicted octanol–water partition coefficient (Wildman–Crippen LogP) is 4.90. The number of ether oxygens (including phenoxy) is 1. The highest BCUT2D eigenvalue weighted by molar-refractivity contribution is 5.75. The number of Topliss-reactive ketones (excluding diaryl/α,β-unsaturated/α-hetero) is 1. The van der Waals surface area contributed by atoms with Crippen molar-refractivity contribution >= 4 is 5.78 Å². The van der Waals surface area contributed by atoms with Gasteiger partial charge < -0.3 is 9.53 Å². The van der Waals surface area contributed by atoms with Gasteiger partial charge in [-0.3, -0.25) is 0 Å². The Bertz CT molecular complexity index is 178. The molecule has 0 amide bonds. The summed E-state index contributed by atoms with van der Waals surface area (Å²) in [6.45, 7) is 5.75.